The SMILES string of the molecule is COc1cccc(-c2c(N)n[nH]c2-c2cncc(C)c2)c1. The number of aromatic amines is 1. The van der Waals surface area contributed by atoms with Crippen LogP contribution in [-0.4, -0.2) is 22.3 Å². The van der Waals surface area contributed by atoms with Crippen LogP contribution in [0.3, 0.4) is 0 Å². The van der Waals surface area contributed by atoms with Crippen LogP contribution >= 0.6 is 0 Å². The first-order valence-corrected chi connectivity index (χ1v) is 6.59. The highest BCUT2D eigenvalue weighted by molar-refractivity contribution is 5.88. The van der Waals surface area contributed by atoms with Gasteiger partial charge in [-0.3, -0.25) is 10.1 Å². The number of anilines is 1. The molecule has 0 fully saturated rings. The van der Waals surface area contributed by atoms with E-state index in [4.69, 9.17) is 10.5 Å². The maximum atomic E-state index is 6.04. The standard InChI is InChI=1S/C16H16N4O/c1-10-6-12(9-18-8-10)15-14(16(17)20-19-15)11-4-3-5-13(7-11)21-2/h3-9H,1-2H3,(H3,17,19,20). The topological polar surface area (TPSA) is 76.8 Å². The monoisotopic (exact) mass is 280 g/mol. The zero-order chi connectivity index (χ0) is 14.8. The van der Waals surface area contributed by atoms with Crippen molar-refractivity contribution in [2.45, 2.75) is 6.92 Å². The third kappa shape index (κ3) is 2.45. The van der Waals surface area contributed by atoms with E-state index in [2.05, 4.69) is 15.2 Å². The van der Waals surface area contributed by atoms with Crippen LogP contribution < -0.4 is 10.5 Å². The molecule has 3 rings (SSSR count). The quantitative estimate of drug-likeness (QED) is 0.773. The Morgan fingerprint density at radius 2 is 2.00 bits per heavy atom. The van der Waals surface area contributed by atoms with E-state index >= 15 is 0 Å². The van der Waals surface area contributed by atoms with Crippen molar-refractivity contribution in [3.8, 4) is 28.1 Å². The normalized spacial score (nSPS) is 10.6. The highest BCUT2D eigenvalue weighted by atomic mass is 16.5. The first-order valence-electron chi connectivity index (χ1n) is 6.59. The van der Waals surface area contributed by atoms with Crippen LogP contribution in [0.15, 0.2) is 42.7 Å². The molecule has 0 bridgehead atoms. The number of aryl methyl sites for hydroxylation is 1. The molecule has 5 heteroatoms. The number of pyridine rings is 1. The average Bonchev–Trinajstić information content (AvgIpc) is 2.89. The lowest BCUT2D eigenvalue weighted by Crippen LogP contribution is -1.90. The van der Waals surface area contributed by atoms with Crippen molar-refractivity contribution in [1.29, 1.82) is 0 Å². The van der Waals surface area contributed by atoms with Crippen molar-refractivity contribution < 1.29 is 4.74 Å². The molecule has 0 atom stereocenters. The lowest BCUT2D eigenvalue weighted by atomic mass is 10.0. The Morgan fingerprint density at radius 3 is 2.76 bits per heavy atom. The minimum absolute atomic E-state index is 0.458. The third-order valence-corrected chi connectivity index (χ3v) is 3.32. The van der Waals surface area contributed by atoms with E-state index in [9.17, 15) is 0 Å². The van der Waals surface area contributed by atoms with Crippen molar-refractivity contribution in [3.63, 3.8) is 0 Å². The molecule has 0 spiro atoms. The molecule has 3 N–H and O–H groups in total. The summed E-state index contributed by atoms with van der Waals surface area (Å²) in [6, 6.07) is 9.79. The number of nitrogens with zero attached hydrogens (tertiary/aromatic N) is 2. The van der Waals surface area contributed by atoms with Gasteiger partial charge in [0.05, 0.1) is 18.4 Å². The smallest absolute Gasteiger partial charge is 0.153 e. The summed E-state index contributed by atoms with van der Waals surface area (Å²) < 4.78 is 5.27. The molecule has 2 aromatic heterocycles. The average molecular weight is 280 g/mol. The van der Waals surface area contributed by atoms with Crippen LogP contribution in [0.25, 0.3) is 22.4 Å². The second kappa shape index (κ2) is 5.28. The Kier molecular flexibility index (Phi) is 3.31. The number of nitrogens with one attached hydrogen (secondary N) is 1. The number of rotatable bonds is 3. The van der Waals surface area contributed by atoms with Gasteiger partial charge in [-0.25, -0.2) is 0 Å². The first kappa shape index (κ1) is 13.2. The van der Waals surface area contributed by atoms with Crippen LogP contribution in [-0.2, 0) is 0 Å². The van der Waals surface area contributed by atoms with Gasteiger partial charge in [-0.1, -0.05) is 12.1 Å². The van der Waals surface area contributed by atoms with Gasteiger partial charge < -0.3 is 10.5 Å². The molecule has 0 amide bonds. The van der Waals surface area contributed by atoms with Gasteiger partial charge in [-0.2, -0.15) is 5.10 Å². The minimum atomic E-state index is 0.458. The van der Waals surface area contributed by atoms with E-state index in [0.29, 0.717) is 5.82 Å². The summed E-state index contributed by atoms with van der Waals surface area (Å²) in [7, 11) is 1.64. The fraction of sp³-hybridized carbons (Fsp3) is 0.125. The van der Waals surface area contributed by atoms with E-state index in [1.54, 1.807) is 13.3 Å². The number of H-pyrrole nitrogens is 1. The second-order valence-corrected chi connectivity index (χ2v) is 4.84. The molecule has 106 valence electrons. The molecule has 0 saturated heterocycles. The Balaban J connectivity index is 2.17. The van der Waals surface area contributed by atoms with Gasteiger partial charge in [-0.05, 0) is 36.2 Å². The summed E-state index contributed by atoms with van der Waals surface area (Å²) >= 11 is 0. The van der Waals surface area contributed by atoms with Gasteiger partial charge in [-0.15, -0.1) is 0 Å². The maximum Gasteiger partial charge on any atom is 0.153 e. The summed E-state index contributed by atoms with van der Waals surface area (Å²) in [6.07, 6.45) is 3.61. The minimum Gasteiger partial charge on any atom is -0.497 e. The zero-order valence-corrected chi connectivity index (χ0v) is 11.9. The summed E-state index contributed by atoms with van der Waals surface area (Å²) in [5.74, 6) is 1.24. The molecule has 5 nitrogen and oxygen atoms in total. The predicted octanol–water partition coefficient (Wildman–Crippen LogP) is 3.04. The van der Waals surface area contributed by atoms with Crippen molar-refractivity contribution in [2.24, 2.45) is 0 Å². The number of nitrogens with two attached hydrogens (primary N) is 1. The molecule has 0 radical (unpaired) electrons. The second-order valence-electron chi connectivity index (χ2n) is 4.84. The zero-order valence-electron chi connectivity index (χ0n) is 11.9. The Labute approximate surface area is 122 Å². The van der Waals surface area contributed by atoms with Crippen LogP contribution in [0.1, 0.15) is 5.56 Å². The Bertz CT molecular complexity index is 779. The molecule has 3 aromatic rings. The Hall–Kier alpha value is -2.82. The molecular weight excluding hydrogens is 264 g/mol. The highest BCUT2D eigenvalue weighted by Crippen LogP contribution is 2.35. The Morgan fingerprint density at radius 1 is 1.14 bits per heavy atom. The lowest BCUT2D eigenvalue weighted by Gasteiger charge is -2.07. The van der Waals surface area contributed by atoms with Crippen molar-refractivity contribution in [3.05, 3.63) is 48.3 Å². The van der Waals surface area contributed by atoms with Crippen LogP contribution in [0, 0.1) is 6.92 Å². The van der Waals surface area contributed by atoms with Gasteiger partial charge in [0.1, 0.15) is 5.75 Å². The summed E-state index contributed by atoms with van der Waals surface area (Å²) in [5, 5.41) is 7.14. The third-order valence-electron chi connectivity index (χ3n) is 3.32. The molecular formula is C16H16N4O. The molecule has 2 heterocycles. The molecule has 0 aliphatic carbocycles. The number of hydrogen-bond donors (Lipinski definition) is 2. The van der Waals surface area contributed by atoms with Gasteiger partial charge in [0, 0.05) is 18.0 Å². The summed E-state index contributed by atoms with van der Waals surface area (Å²) in [5.41, 5.74) is 10.7. The number of methoxy groups -OCH3 is 1. The van der Waals surface area contributed by atoms with Crippen molar-refractivity contribution in [1.82, 2.24) is 15.2 Å². The molecule has 0 aliphatic rings. The summed E-state index contributed by atoms with van der Waals surface area (Å²) in [6.45, 7) is 2.00. The van der Waals surface area contributed by atoms with E-state index in [0.717, 1.165) is 33.7 Å². The lowest BCUT2D eigenvalue weighted by molar-refractivity contribution is 0.415. The number of ether oxygens (including phenoxy) is 1. The largest absolute Gasteiger partial charge is 0.497 e. The number of aromatic nitrogens is 3. The first-order chi connectivity index (χ1) is 10.2. The van der Waals surface area contributed by atoms with Gasteiger partial charge in [0.15, 0.2) is 5.82 Å². The van der Waals surface area contributed by atoms with E-state index in [-0.39, 0.29) is 0 Å². The van der Waals surface area contributed by atoms with Crippen molar-refractivity contribution in [2.75, 3.05) is 12.8 Å². The maximum absolute atomic E-state index is 6.04. The van der Waals surface area contributed by atoms with E-state index in [1.807, 2.05) is 43.5 Å². The summed E-state index contributed by atoms with van der Waals surface area (Å²) in [4.78, 5) is 4.23. The van der Waals surface area contributed by atoms with E-state index in [1.165, 1.54) is 0 Å². The van der Waals surface area contributed by atoms with Gasteiger partial charge >= 0.3 is 0 Å². The molecule has 0 saturated carbocycles. The fourth-order valence-electron chi connectivity index (χ4n) is 2.33. The predicted molar refractivity (Wildman–Crippen MR) is 83.0 cm³/mol. The fourth-order valence-corrected chi connectivity index (χ4v) is 2.33. The van der Waals surface area contributed by atoms with Gasteiger partial charge in [0.2, 0.25) is 0 Å². The molecule has 0 unspecified atom stereocenters. The van der Waals surface area contributed by atoms with Crippen LogP contribution in [0.2, 0.25) is 0 Å². The number of benzene rings is 1. The molecule has 1 aromatic carbocycles. The molecule has 21 heavy (non-hydrogen) atoms. The molecule has 0 aliphatic heterocycles. The van der Waals surface area contributed by atoms with Crippen molar-refractivity contribution >= 4 is 5.82 Å². The van der Waals surface area contributed by atoms with Crippen LogP contribution in [0.4, 0.5) is 5.82 Å². The number of nitrogen functional groups attached to an aromatic ring is 1. The van der Waals surface area contributed by atoms with E-state index < -0.39 is 0 Å². The van der Waals surface area contributed by atoms with Gasteiger partial charge in [0.25, 0.3) is 0 Å². The number of hydrogen-bond acceptors (Lipinski definition) is 4. The highest BCUT2D eigenvalue weighted by Gasteiger charge is 2.15. The van der Waals surface area contributed by atoms with Crippen LogP contribution in [0.5, 0.6) is 5.75 Å².